The molecule has 0 fully saturated rings. The van der Waals surface area contributed by atoms with Crippen LogP contribution in [-0.4, -0.2) is 11.1 Å². The molecular weight excluding hydrogens is 320 g/mol. The molecule has 5 heteroatoms. The first-order chi connectivity index (χ1) is 11.9. The summed E-state index contributed by atoms with van der Waals surface area (Å²) in [6.45, 7) is 3.81. The first-order valence-electron chi connectivity index (χ1n) is 8.01. The first-order valence-corrected chi connectivity index (χ1v) is 8.01. The third kappa shape index (κ3) is 3.71. The third-order valence-corrected chi connectivity index (χ3v) is 3.65. The molecule has 0 bridgehead atoms. The van der Waals surface area contributed by atoms with Crippen molar-refractivity contribution in [3.8, 4) is 22.8 Å². The van der Waals surface area contributed by atoms with E-state index in [4.69, 9.17) is 9.15 Å². The van der Waals surface area contributed by atoms with Gasteiger partial charge in [-0.3, -0.25) is 9.59 Å². The molecule has 0 saturated heterocycles. The number of carbonyl (C=O) groups is 1. The second-order valence-corrected chi connectivity index (χ2v) is 6.23. The van der Waals surface area contributed by atoms with Gasteiger partial charge in [0.25, 0.3) is 0 Å². The van der Waals surface area contributed by atoms with E-state index in [2.05, 4.69) is 0 Å². The highest BCUT2D eigenvalue weighted by molar-refractivity contribution is 5.87. The molecule has 3 aromatic rings. The highest BCUT2D eigenvalue weighted by Gasteiger charge is 2.15. The Bertz CT molecular complexity index is 971. The zero-order chi connectivity index (χ0) is 18.0. The second kappa shape index (κ2) is 6.81. The van der Waals surface area contributed by atoms with Crippen LogP contribution in [0.15, 0.2) is 57.7 Å². The van der Waals surface area contributed by atoms with Crippen molar-refractivity contribution in [3.05, 3.63) is 58.8 Å². The van der Waals surface area contributed by atoms with E-state index < -0.39 is 5.97 Å². The molecule has 5 nitrogen and oxygen atoms in total. The normalized spacial score (nSPS) is 11.0. The number of carbonyl (C=O) groups excluding carboxylic acids is 1. The third-order valence-electron chi connectivity index (χ3n) is 3.65. The number of rotatable bonds is 4. The van der Waals surface area contributed by atoms with Crippen LogP contribution in [-0.2, 0) is 4.79 Å². The Morgan fingerprint density at radius 1 is 1.16 bits per heavy atom. The average Bonchev–Trinajstić information content (AvgIpc) is 2.54. The summed E-state index contributed by atoms with van der Waals surface area (Å²) in [4.78, 5) is 24.2. The van der Waals surface area contributed by atoms with E-state index in [9.17, 15) is 14.7 Å². The standard InChI is InChI=1S/C20H18O5/c1-12(2)8-19(23)24-14-9-15(21)20-16(22)11-17(25-18(20)10-14)13-6-4-3-5-7-13/h3-7,9-12,21H,8H2,1-2H3. The summed E-state index contributed by atoms with van der Waals surface area (Å²) < 4.78 is 11.0. The summed E-state index contributed by atoms with van der Waals surface area (Å²) in [5.74, 6) is -0.00939. The summed E-state index contributed by atoms with van der Waals surface area (Å²) >= 11 is 0. The van der Waals surface area contributed by atoms with E-state index in [1.54, 1.807) is 0 Å². The van der Waals surface area contributed by atoms with Crippen molar-refractivity contribution in [1.82, 2.24) is 0 Å². The van der Waals surface area contributed by atoms with Crippen LogP contribution in [0.2, 0.25) is 0 Å². The number of ether oxygens (including phenoxy) is 1. The van der Waals surface area contributed by atoms with E-state index in [-0.39, 0.29) is 40.2 Å². The molecule has 0 spiro atoms. The number of fused-ring (bicyclic) bond motifs is 1. The molecule has 0 saturated carbocycles. The Morgan fingerprint density at radius 2 is 1.88 bits per heavy atom. The van der Waals surface area contributed by atoms with Gasteiger partial charge in [-0.25, -0.2) is 0 Å². The molecule has 128 valence electrons. The summed E-state index contributed by atoms with van der Waals surface area (Å²) in [6.07, 6.45) is 0.257. The summed E-state index contributed by atoms with van der Waals surface area (Å²) in [5.41, 5.74) is 0.541. The molecule has 0 aliphatic rings. The molecule has 3 rings (SSSR count). The average molecular weight is 338 g/mol. The molecule has 0 aliphatic heterocycles. The van der Waals surface area contributed by atoms with Gasteiger partial charge in [-0.2, -0.15) is 0 Å². The van der Waals surface area contributed by atoms with E-state index >= 15 is 0 Å². The van der Waals surface area contributed by atoms with Crippen LogP contribution >= 0.6 is 0 Å². The number of esters is 1. The van der Waals surface area contributed by atoms with Crippen molar-refractivity contribution in [1.29, 1.82) is 0 Å². The van der Waals surface area contributed by atoms with Crippen LogP contribution in [0, 0.1) is 5.92 Å². The maximum absolute atomic E-state index is 12.3. The minimum Gasteiger partial charge on any atom is -0.507 e. The van der Waals surface area contributed by atoms with Gasteiger partial charge in [0.05, 0.1) is 0 Å². The number of benzene rings is 2. The Morgan fingerprint density at radius 3 is 2.56 bits per heavy atom. The van der Waals surface area contributed by atoms with Crippen LogP contribution in [0.1, 0.15) is 20.3 Å². The Hall–Kier alpha value is -3.08. The van der Waals surface area contributed by atoms with E-state index in [0.29, 0.717) is 5.76 Å². The minimum atomic E-state index is -0.407. The largest absolute Gasteiger partial charge is 0.507 e. The van der Waals surface area contributed by atoms with E-state index in [1.807, 2.05) is 44.2 Å². The quantitative estimate of drug-likeness (QED) is 0.572. The molecule has 0 atom stereocenters. The van der Waals surface area contributed by atoms with Gasteiger partial charge in [0.2, 0.25) is 0 Å². The highest BCUT2D eigenvalue weighted by Crippen LogP contribution is 2.31. The maximum Gasteiger partial charge on any atom is 0.311 e. The van der Waals surface area contributed by atoms with Crippen LogP contribution < -0.4 is 10.2 Å². The Labute approximate surface area is 144 Å². The fourth-order valence-electron chi connectivity index (χ4n) is 2.55. The lowest BCUT2D eigenvalue weighted by Gasteiger charge is -2.09. The van der Waals surface area contributed by atoms with Gasteiger partial charge in [0, 0.05) is 30.2 Å². The molecule has 0 aliphatic carbocycles. The van der Waals surface area contributed by atoms with Gasteiger partial charge in [0.15, 0.2) is 5.43 Å². The molecule has 0 radical (unpaired) electrons. The van der Waals surface area contributed by atoms with E-state index in [0.717, 1.165) is 5.56 Å². The van der Waals surface area contributed by atoms with Crippen LogP contribution in [0.3, 0.4) is 0 Å². The lowest BCUT2D eigenvalue weighted by molar-refractivity contribution is -0.135. The van der Waals surface area contributed by atoms with Crippen molar-refractivity contribution < 1.29 is 19.1 Å². The number of phenolic OH excluding ortho intramolecular Hbond substituents is 1. The fraction of sp³-hybridized carbons (Fsp3) is 0.200. The van der Waals surface area contributed by atoms with Crippen LogP contribution in [0.4, 0.5) is 0 Å². The van der Waals surface area contributed by atoms with Crippen molar-refractivity contribution in [2.45, 2.75) is 20.3 Å². The molecule has 1 aromatic heterocycles. The Balaban J connectivity index is 2.06. The van der Waals surface area contributed by atoms with Gasteiger partial charge in [-0.1, -0.05) is 44.2 Å². The minimum absolute atomic E-state index is 0.0586. The fourth-order valence-corrected chi connectivity index (χ4v) is 2.55. The molecule has 1 heterocycles. The Kier molecular flexibility index (Phi) is 4.57. The maximum atomic E-state index is 12.3. The topological polar surface area (TPSA) is 76.7 Å². The predicted molar refractivity (Wildman–Crippen MR) is 94.7 cm³/mol. The summed E-state index contributed by atoms with van der Waals surface area (Å²) in [7, 11) is 0. The van der Waals surface area contributed by atoms with E-state index in [1.165, 1.54) is 18.2 Å². The first kappa shape index (κ1) is 16.8. The van der Waals surface area contributed by atoms with Crippen molar-refractivity contribution >= 4 is 16.9 Å². The smallest absolute Gasteiger partial charge is 0.311 e. The van der Waals surface area contributed by atoms with Crippen molar-refractivity contribution in [2.75, 3.05) is 0 Å². The lowest BCUT2D eigenvalue weighted by atomic mass is 10.1. The SMILES string of the molecule is CC(C)CC(=O)Oc1cc(O)c2c(=O)cc(-c3ccccc3)oc2c1. The molecular formula is C20H18O5. The van der Waals surface area contributed by atoms with Gasteiger partial charge in [0.1, 0.15) is 28.2 Å². The predicted octanol–water partition coefficient (Wildman–Crippen LogP) is 4.12. The van der Waals surface area contributed by atoms with Gasteiger partial charge < -0.3 is 14.3 Å². The van der Waals surface area contributed by atoms with Crippen LogP contribution in [0.5, 0.6) is 11.5 Å². The van der Waals surface area contributed by atoms with Crippen LogP contribution in [0.25, 0.3) is 22.3 Å². The van der Waals surface area contributed by atoms with Gasteiger partial charge in [-0.15, -0.1) is 0 Å². The van der Waals surface area contributed by atoms with Crippen molar-refractivity contribution in [3.63, 3.8) is 0 Å². The molecule has 0 amide bonds. The molecule has 1 N–H and O–H groups in total. The zero-order valence-electron chi connectivity index (χ0n) is 14.0. The summed E-state index contributed by atoms with van der Waals surface area (Å²) in [6, 6.07) is 13.2. The number of phenols is 1. The zero-order valence-corrected chi connectivity index (χ0v) is 14.0. The second-order valence-electron chi connectivity index (χ2n) is 6.23. The van der Waals surface area contributed by atoms with Crippen molar-refractivity contribution in [2.24, 2.45) is 5.92 Å². The number of aromatic hydroxyl groups is 1. The van der Waals surface area contributed by atoms with Gasteiger partial charge in [-0.05, 0) is 5.92 Å². The van der Waals surface area contributed by atoms with Gasteiger partial charge >= 0.3 is 5.97 Å². The lowest BCUT2D eigenvalue weighted by Crippen LogP contribution is -2.11. The summed E-state index contributed by atoms with van der Waals surface area (Å²) in [5, 5.41) is 10.2. The molecule has 0 unspecified atom stereocenters. The monoisotopic (exact) mass is 338 g/mol. The number of hydrogen-bond donors (Lipinski definition) is 1. The molecule has 25 heavy (non-hydrogen) atoms. The molecule has 2 aromatic carbocycles. The number of hydrogen-bond acceptors (Lipinski definition) is 5. The highest BCUT2D eigenvalue weighted by atomic mass is 16.5.